The molecule has 2 rings (SSSR count). The number of halogens is 1. The number of hydrogen-bond donors (Lipinski definition) is 2. The summed E-state index contributed by atoms with van der Waals surface area (Å²) in [4.78, 5) is 24.6. The fourth-order valence-electron chi connectivity index (χ4n) is 2.75. The van der Waals surface area contributed by atoms with Crippen molar-refractivity contribution in [3.8, 4) is 11.5 Å². The van der Waals surface area contributed by atoms with Gasteiger partial charge in [0.1, 0.15) is 0 Å². The van der Waals surface area contributed by atoms with Gasteiger partial charge in [0.15, 0.2) is 11.5 Å². The first kappa shape index (κ1) is 19.1. The van der Waals surface area contributed by atoms with Crippen LogP contribution in [0.1, 0.15) is 31.9 Å². The molecule has 0 radical (unpaired) electrons. The Balaban J connectivity index is 2.67. The van der Waals surface area contributed by atoms with Crippen molar-refractivity contribution in [3.63, 3.8) is 0 Å². The molecule has 0 saturated heterocycles. The average molecular weight is 413 g/mol. The number of urea groups is 1. The summed E-state index contributed by atoms with van der Waals surface area (Å²) in [6.07, 6.45) is 0.478. The molecule has 0 bridgehead atoms. The number of ether oxygens (including phenoxy) is 3. The summed E-state index contributed by atoms with van der Waals surface area (Å²) < 4.78 is 16.8. The van der Waals surface area contributed by atoms with E-state index in [1.807, 2.05) is 6.92 Å². The molecule has 0 spiro atoms. The highest BCUT2D eigenvalue weighted by Gasteiger charge is 2.35. The summed E-state index contributed by atoms with van der Waals surface area (Å²) in [7, 11) is 3.03. The smallest absolute Gasteiger partial charge is 0.338 e. The van der Waals surface area contributed by atoms with Gasteiger partial charge in [0.05, 0.1) is 32.4 Å². The summed E-state index contributed by atoms with van der Waals surface area (Å²) in [5.74, 6) is 0.439. The molecule has 0 saturated carbocycles. The molecular weight excluding hydrogens is 392 g/mol. The molecule has 1 atom stereocenters. The molecule has 1 aliphatic heterocycles. The fraction of sp³-hybridized carbons (Fsp3) is 0.412. The Labute approximate surface area is 154 Å². The first-order valence-corrected chi connectivity index (χ1v) is 8.65. The summed E-state index contributed by atoms with van der Waals surface area (Å²) in [5, 5.41) is 5.46. The van der Waals surface area contributed by atoms with Crippen molar-refractivity contribution >= 4 is 27.9 Å². The highest BCUT2D eigenvalue weighted by atomic mass is 79.9. The Morgan fingerprint density at radius 2 is 1.96 bits per heavy atom. The molecule has 25 heavy (non-hydrogen) atoms. The third kappa shape index (κ3) is 3.89. The standard InChI is InChI=1S/C17H21BrN2O5/c1-5-11-13(16(21)25-6-2)14(20-17(22)19-11)10-7-9(18)8-12(23-3)15(10)24-4/h7-8,14H,5-6H2,1-4H3,(H2,19,20,22). The Morgan fingerprint density at radius 1 is 1.24 bits per heavy atom. The molecule has 0 fully saturated rings. The first-order valence-electron chi connectivity index (χ1n) is 7.85. The minimum atomic E-state index is -0.718. The van der Waals surface area contributed by atoms with E-state index < -0.39 is 18.0 Å². The van der Waals surface area contributed by atoms with Gasteiger partial charge in [0.2, 0.25) is 0 Å². The number of allylic oxidation sites excluding steroid dienone is 1. The maximum Gasteiger partial charge on any atom is 0.338 e. The zero-order chi connectivity index (χ0) is 18.6. The lowest BCUT2D eigenvalue weighted by atomic mass is 9.93. The van der Waals surface area contributed by atoms with E-state index in [9.17, 15) is 9.59 Å². The summed E-state index contributed by atoms with van der Waals surface area (Å²) >= 11 is 3.42. The molecule has 1 aromatic rings. The summed E-state index contributed by atoms with van der Waals surface area (Å²) in [5.41, 5.74) is 1.47. The lowest BCUT2D eigenvalue weighted by Crippen LogP contribution is -2.46. The third-order valence-corrected chi connectivity index (χ3v) is 4.24. The molecule has 7 nitrogen and oxygen atoms in total. The van der Waals surface area contributed by atoms with E-state index in [1.54, 1.807) is 19.1 Å². The molecular formula is C17H21BrN2O5. The van der Waals surface area contributed by atoms with Crippen molar-refractivity contribution in [2.24, 2.45) is 0 Å². The van der Waals surface area contributed by atoms with Gasteiger partial charge in [-0.3, -0.25) is 0 Å². The van der Waals surface area contributed by atoms with Crippen molar-refractivity contribution in [2.45, 2.75) is 26.3 Å². The van der Waals surface area contributed by atoms with Crippen LogP contribution in [0.4, 0.5) is 4.79 Å². The van der Waals surface area contributed by atoms with Crippen molar-refractivity contribution in [1.82, 2.24) is 10.6 Å². The predicted octanol–water partition coefficient (Wildman–Crippen LogP) is 3.05. The van der Waals surface area contributed by atoms with Crippen molar-refractivity contribution in [2.75, 3.05) is 20.8 Å². The van der Waals surface area contributed by atoms with Crippen LogP contribution >= 0.6 is 15.9 Å². The zero-order valence-electron chi connectivity index (χ0n) is 14.6. The van der Waals surface area contributed by atoms with Gasteiger partial charge >= 0.3 is 12.0 Å². The Hall–Kier alpha value is -2.22. The van der Waals surface area contributed by atoms with Crippen LogP contribution in [0.3, 0.4) is 0 Å². The molecule has 2 N–H and O–H groups in total. The molecule has 1 aliphatic rings. The van der Waals surface area contributed by atoms with E-state index >= 15 is 0 Å². The molecule has 136 valence electrons. The van der Waals surface area contributed by atoms with Gasteiger partial charge in [0.25, 0.3) is 0 Å². The second-order valence-corrected chi connectivity index (χ2v) is 6.14. The monoisotopic (exact) mass is 412 g/mol. The Morgan fingerprint density at radius 3 is 2.52 bits per heavy atom. The number of carbonyl (C=O) groups excluding carboxylic acids is 2. The van der Waals surface area contributed by atoms with Crippen LogP contribution in [0.25, 0.3) is 0 Å². The Kier molecular flexibility index (Phi) is 6.30. The van der Waals surface area contributed by atoms with Crippen LogP contribution in [0.15, 0.2) is 27.9 Å². The second-order valence-electron chi connectivity index (χ2n) is 5.23. The molecule has 1 heterocycles. The van der Waals surface area contributed by atoms with Gasteiger partial charge in [-0.1, -0.05) is 22.9 Å². The average Bonchev–Trinajstić information content (AvgIpc) is 2.59. The SMILES string of the molecule is CCOC(=O)C1=C(CC)NC(=O)NC1c1cc(Br)cc(OC)c1OC. The van der Waals surface area contributed by atoms with E-state index in [0.717, 1.165) is 4.47 Å². The van der Waals surface area contributed by atoms with Gasteiger partial charge in [0, 0.05) is 15.7 Å². The lowest BCUT2D eigenvalue weighted by Gasteiger charge is -2.30. The van der Waals surface area contributed by atoms with Crippen molar-refractivity contribution in [3.05, 3.63) is 33.4 Å². The Bertz CT molecular complexity index is 717. The van der Waals surface area contributed by atoms with Gasteiger partial charge in [-0.2, -0.15) is 0 Å². The number of hydrogen-bond acceptors (Lipinski definition) is 5. The molecule has 1 aromatic carbocycles. The van der Waals surface area contributed by atoms with Gasteiger partial charge in [-0.15, -0.1) is 0 Å². The van der Waals surface area contributed by atoms with Crippen LogP contribution in [0.2, 0.25) is 0 Å². The van der Waals surface area contributed by atoms with Gasteiger partial charge in [-0.25, -0.2) is 9.59 Å². The maximum atomic E-state index is 12.5. The maximum absolute atomic E-state index is 12.5. The second kappa shape index (κ2) is 8.24. The van der Waals surface area contributed by atoms with E-state index in [1.165, 1.54) is 14.2 Å². The van der Waals surface area contributed by atoms with Crippen LogP contribution < -0.4 is 20.1 Å². The number of esters is 1. The van der Waals surface area contributed by atoms with Gasteiger partial charge < -0.3 is 24.8 Å². The molecule has 0 aromatic heterocycles. The third-order valence-electron chi connectivity index (χ3n) is 3.79. The van der Waals surface area contributed by atoms with E-state index in [0.29, 0.717) is 34.8 Å². The topological polar surface area (TPSA) is 85.9 Å². The van der Waals surface area contributed by atoms with Crippen LogP contribution in [0.5, 0.6) is 11.5 Å². The summed E-state index contributed by atoms with van der Waals surface area (Å²) in [6.45, 7) is 3.82. The highest BCUT2D eigenvalue weighted by Crippen LogP contribution is 2.41. The normalized spacial score (nSPS) is 16.8. The number of benzene rings is 1. The van der Waals surface area contributed by atoms with E-state index in [4.69, 9.17) is 14.2 Å². The molecule has 0 aliphatic carbocycles. The summed E-state index contributed by atoms with van der Waals surface area (Å²) in [6, 6.07) is 2.42. The van der Waals surface area contributed by atoms with E-state index in [2.05, 4.69) is 26.6 Å². The predicted molar refractivity (Wildman–Crippen MR) is 95.6 cm³/mol. The number of rotatable bonds is 6. The quantitative estimate of drug-likeness (QED) is 0.701. The van der Waals surface area contributed by atoms with Crippen molar-refractivity contribution in [1.29, 1.82) is 0 Å². The van der Waals surface area contributed by atoms with Crippen LogP contribution in [-0.2, 0) is 9.53 Å². The molecule has 1 unspecified atom stereocenters. The molecule has 2 amide bonds. The largest absolute Gasteiger partial charge is 0.493 e. The minimum absolute atomic E-state index is 0.235. The van der Waals surface area contributed by atoms with Gasteiger partial charge in [-0.05, 0) is 25.5 Å². The fourth-order valence-corrected chi connectivity index (χ4v) is 3.21. The van der Waals surface area contributed by atoms with E-state index in [-0.39, 0.29) is 6.61 Å². The number of amides is 2. The van der Waals surface area contributed by atoms with Crippen LogP contribution in [0, 0.1) is 0 Å². The number of methoxy groups -OCH3 is 2. The highest BCUT2D eigenvalue weighted by molar-refractivity contribution is 9.10. The van der Waals surface area contributed by atoms with Crippen LogP contribution in [-0.4, -0.2) is 32.8 Å². The zero-order valence-corrected chi connectivity index (χ0v) is 16.2. The number of carbonyl (C=O) groups is 2. The number of nitrogens with one attached hydrogen (secondary N) is 2. The first-order chi connectivity index (χ1) is 12.0. The minimum Gasteiger partial charge on any atom is -0.493 e. The van der Waals surface area contributed by atoms with Crippen molar-refractivity contribution < 1.29 is 23.8 Å². The lowest BCUT2D eigenvalue weighted by molar-refractivity contribution is -0.139. The molecule has 8 heteroatoms.